The molecule has 0 saturated heterocycles. The van der Waals surface area contributed by atoms with Gasteiger partial charge in [-0.3, -0.25) is 4.79 Å². The maximum Gasteiger partial charge on any atom is 0.373 e. The molecule has 7 nitrogen and oxygen atoms in total. The van der Waals surface area contributed by atoms with Crippen LogP contribution in [0.2, 0.25) is 0 Å². The lowest BCUT2D eigenvalue weighted by molar-refractivity contribution is -0.139. The maximum absolute atomic E-state index is 13.2. The summed E-state index contributed by atoms with van der Waals surface area (Å²) in [5.41, 5.74) is 1.34. The van der Waals surface area contributed by atoms with E-state index in [1.54, 1.807) is 30.3 Å². The van der Waals surface area contributed by atoms with E-state index in [1.807, 2.05) is 0 Å². The molecule has 1 amide bonds. The van der Waals surface area contributed by atoms with Gasteiger partial charge in [0.1, 0.15) is 17.3 Å². The summed E-state index contributed by atoms with van der Waals surface area (Å²) in [6.07, 6.45) is 0.783. The maximum atomic E-state index is 13.2. The number of amides is 1. The first-order valence-electron chi connectivity index (χ1n) is 8.61. The van der Waals surface area contributed by atoms with Gasteiger partial charge in [0, 0.05) is 24.7 Å². The van der Waals surface area contributed by atoms with Crippen molar-refractivity contribution in [2.75, 3.05) is 21.3 Å². The number of hydrogen-bond acceptors (Lipinski definition) is 6. The third-order valence-electron chi connectivity index (χ3n) is 4.11. The summed E-state index contributed by atoms with van der Waals surface area (Å²) in [7, 11) is 4.11. The molecule has 8 heteroatoms. The highest BCUT2D eigenvalue weighted by Gasteiger charge is 2.19. The summed E-state index contributed by atoms with van der Waals surface area (Å²) in [6.45, 7) is 0.216. The predicted octanol–water partition coefficient (Wildman–Crippen LogP) is 2.99. The zero-order chi connectivity index (χ0) is 21.4. The number of rotatable bonds is 8. The van der Waals surface area contributed by atoms with Crippen molar-refractivity contribution in [2.45, 2.75) is 13.1 Å². The van der Waals surface area contributed by atoms with Crippen molar-refractivity contribution in [1.82, 2.24) is 4.90 Å². The Morgan fingerprint density at radius 3 is 2.31 bits per heavy atom. The molecule has 1 N–H and O–H groups in total. The van der Waals surface area contributed by atoms with Crippen molar-refractivity contribution >= 4 is 11.9 Å². The Morgan fingerprint density at radius 2 is 1.72 bits per heavy atom. The van der Waals surface area contributed by atoms with Crippen LogP contribution in [0.4, 0.5) is 4.39 Å². The number of benzene rings is 2. The van der Waals surface area contributed by atoms with Gasteiger partial charge in [-0.05, 0) is 29.8 Å². The number of methoxy groups -OCH3 is 3. The molecule has 0 bridgehead atoms. The molecule has 29 heavy (non-hydrogen) atoms. The summed E-state index contributed by atoms with van der Waals surface area (Å²) in [5, 5.41) is 9.72. The molecule has 0 radical (unpaired) electrons. The van der Waals surface area contributed by atoms with Gasteiger partial charge in [-0.2, -0.15) is 0 Å². The number of esters is 1. The largest absolute Gasteiger partial charge is 0.502 e. The second kappa shape index (κ2) is 10.1. The van der Waals surface area contributed by atoms with E-state index >= 15 is 0 Å². The van der Waals surface area contributed by atoms with Crippen molar-refractivity contribution in [3.05, 3.63) is 71.2 Å². The molecule has 0 unspecified atom stereocenters. The Hall–Kier alpha value is -3.55. The van der Waals surface area contributed by atoms with Crippen LogP contribution in [0.15, 0.2) is 54.3 Å². The van der Waals surface area contributed by atoms with Crippen LogP contribution in [-0.2, 0) is 27.4 Å². The van der Waals surface area contributed by atoms with Crippen LogP contribution in [0.25, 0.3) is 0 Å². The number of halogens is 1. The number of ether oxygens (including phenoxy) is 3. The molecule has 0 saturated carbocycles. The van der Waals surface area contributed by atoms with Gasteiger partial charge in [-0.15, -0.1) is 0 Å². The molecule has 154 valence electrons. The summed E-state index contributed by atoms with van der Waals surface area (Å²) in [4.78, 5) is 25.5. The lowest BCUT2D eigenvalue weighted by Gasteiger charge is -2.23. The van der Waals surface area contributed by atoms with Crippen LogP contribution in [0.1, 0.15) is 11.1 Å². The van der Waals surface area contributed by atoms with Gasteiger partial charge in [-0.25, -0.2) is 9.18 Å². The van der Waals surface area contributed by atoms with E-state index in [0.717, 1.165) is 13.2 Å². The van der Waals surface area contributed by atoms with E-state index in [2.05, 4.69) is 4.74 Å². The van der Waals surface area contributed by atoms with Crippen molar-refractivity contribution in [2.24, 2.45) is 0 Å². The summed E-state index contributed by atoms with van der Waals surface area (Å²) < 4.78 is 28.1. The van der Waals surface area contributed by atoms with Crippen LogP contribution in [0.5, 0.6) is 11.5 Å². The van der Waals surface area contributed by atoms with Gasteiger partial charge in [0.05, 0.1) is 27.4 Å². The second-order valence-electron chi connectivity index (χ2n) is 6.02. The van der Waals surface area contributed by atoms with E-state index in [9.17, 15) is 19.1 Å². The topological polar surface area (TPSA) is 85.3 Å². The lowest BCUT2D eigenvalue weighted by atomic mass is 10.1. The number of hydrogen-bond donors (Lipinski definition) is 1. The molecule has 0 aliphatic heterocycles. The van der Waals surface area contributed by atoms with Gasteiger partial charge in [-0.1, -0.05) is 12.1 Å². The third kappa shape index (κ3) is 5.97. The van der Waals surface area contributed by atoms with Gasteiger partial charge < -0.3 is 24.2 Å². The highest BCUT2D eigenvalue weighted by atomic mass is 19.1. The first-order chi connectivity index (χ1) is 13.9. The minimum Gasteiger partial charge on any atom is -0.502 e. The molecular weight excluding hydrogens is 381 g/mol. The fourth-order valence-electron chi connectivity index (χ4n) is 2.58. The number of carbonyl (C=O) groups excluding carboxylic acids is 2. The van der Waals surface area contributed by atoms with Crippen LogP contribution >= 0.6 is 0 Å². The van der Waals surface area contributed by atoms with Crippen LogP contribution < -0.4 is 9.47 Å². The van der Waals surface area contributed by atoms with E-state index in [-0.39, 0.29) is 13.1 Å². The summed E-state index contributed by atoms with van der Waals surface area (Å²) in [6, 6.07) is 10.8. The molecule has 2 rings (SSSR count). The van der Waals surface area contributed by atoms with Crippen LogP contribution in [0.3, 0.4) is 0 Å². The molecule has 0 aromatic heterocycles. The fourth-order valence-corrected chi connectivity index (χ4v) is 2.58. The Bertz CT molecular complexity index is 895. The summed E-state index contributed by atoms with van der Waals surface area (Å²) >= 11 is 0. The van der Waals surface area contributed by atoms with Crippen molar-refractivity contribution in [3.8, 4) is 11.5 Å². The van der Waals surface area contributed by atoms with E-state index in [0.29, 0.717) is 22.6 Å². The van der Waals surface area contributed by atoms with Crippen molar-refractivity contribution in [3.63, 3.8) is 0 Å². The fraction of sp³-hybridized carbons (Fsp3) is 0.238. The Kier molecular flexibility index (Phi) is 7.59. The molecule has 0 aliphatic carbocycles. The number of aliphatic hydroxyl groups excluding tert-OH is 1. The summed E-state index contributed by atoms with van der Waals surface area (Å²) in [5.74, 6) is -1.78. The first kappa shape index (κ1) is 21.7. The van der Waals surface area contributed by atoms with Gasteiger partial charge >= 0.3 is 5.97 Å². The average Bonchev–Trinajstić information content (AvgIpc) is 2.74. The van der Waals surface area contributed by atoms with Crippen molar-refractivity contribution in [1.29, 1.82) is 0 Å². The van der Waals surface area contributed by atoms with E-state index < -0.39 is 23.5 Å². The lowest BCUT2D eigenvalue weighted by Crippen LogP contribution is -2.29. The Labute approximate surface area is 167 Å². The number of carbonyl (C=O) groups is 2. The Balaban J connectivity index is 2.34. The van der Waals surface area contributed by atoms with E-state index in [1.165, 1.54) is 31.3 Å². The molecule has 0 atom stereocenters. The number of nitrogens with zero attached hydrogens (tertiary/aromatic N) is 1. The monoisotopic (exact) mass is 403 g/mol. The molecule has 2 aromatic carbocycles. The zero-order valence-corrected chi connectivity index (χ0v) is 16.3. The number of aliphatic hydroxyl groups is 1. The Morgan fingerprint density at radius 1 is 1.03 bits per heavy atom. The minimum atomic E-state index is -1.03. The van der Waals surface area contributed by atoms with E-state index in [4.69, 9.17) is 9.47 Å². The second-order valence-corrected chi connectivity index (χ2v) is 6.02. The smallest absolute Gasteiger partial charge is 0.373 e. The average molecular weight is 403 g/mol. The standard InChI is InChI=1S/C21H22FNO6/c1-27-17-9-6-15(19(10-17)28-2)13-23(12-14-4-7-16(22)8-5-14)20(25)11-18(24)21(26)29-3/h4-11,24H,12-13H2,1-3H3/b18-11-. The highest BCUT2D eigenvalue weighted by molar-refractivity contribution is 5.96. The first-order valence-corrected chi connectivity index (χ1v) is 8.61. The molecule has 2 aromatic rings. The normalized spacial score (nSPS) is 11.0. The van der Waals surface area contributed by atoms with Gasteiger partial charge in [0.2, 0.25) is 5.76 Å². The predicted molar refractivity (Wildman–Crippen MR) is 103 cm³/mol. The third-order valence-corrected chi connectivity index (χ3v) is 4.11. The van der Waals surface area contributed by atoms with Crippen molar-refractivity contribution < 1.29 is 33.3 Å². The molecular formula is C21H22FNO6. The molecule has 0 spiro atoms. The molecule has 0 heterocycles. The van der Waals surface area contributed by atoms with Crippen LogP contribution in [0, 0.1) is 5.82 Å². The van der Waals surface area contributed by atoms with Gasteiger partial charge in [0.15, 0.2) is 0 Å². The van der Waals surface area contributed by atoms with Gasteiger partial charge in [0.25, 0.3) is 5.91 Å². The molecule has 0 aliphatic rings. The minimum absolute atomic E-state index is 0.105. The van der Waals surface area contributed by atoms with Crippen LogP contribution in [-0.4, -0.2) is 43.2 Å². The quantitative estimate of drug-likeness (QED) is 0.414. The molecule has 0 fully saturated rings. The highest BCUT2D eigenvalue weighted by Crippen LogP contribution is 2.26. The zero-order valence-electron chi connectivity index (χ0n) is 16.3. The SMILES string of the molecule is COC(=O)/C(O)=C/C(=O)N(Cc1ccc(F)cc1)Cc1ccc(OC)cc1OC.